The van der Waals surface area contributed by atoms with Crippen LogP contribution in [0.25, 0.3) is 125 Å². The van der Waals surface area contributed by atoms with Crippen molar-refractivity contribution < 1.29 is 4.42 Å². The molecule has 3 heteroatoms. The summed E-state index contributed by atoms with van der Waals surface area (Å²) in [6.07, 6.45) is 39.3. The Morgan fingerprint density at radius 1 is 0.345 bits per heavy atom. The molecule has 0 radical (unpaired) electrons. The number of benzene rings is 8. The number of nitrogens with zero attached hydrogens (tertiary/aromatic N) is 2. The van der Waals surface area contributed by atoms with Gasteiger partial charge in [-0.05, 0) is 214 Å². The number of allylic oxidation sites excluding steroid dienone is 18. The smallest absolute Gasteiger partial charge is 0.134 e. The van der Waals surface area contributed by atoms with Crippen molar-refractivity contribution in [2.45, 2.75) is 51.4 Å². The molecule has 0 saturated carbocycles. The average molecular weight is 1120 g/mol. The van der Waals surface area contributed by atoms with Gasteiger partial charge in [-0.15, -0.1) is 0 Å². The van der Waals surface area contributed by atoms with Gasteiger partial charge in [0.25, 0.3) is 0 Å². The van der Waals surface area contributed by atoms with E-state index < -0.39 is 0 Å². The van der Waals surface area contributed by atoms with Crippen LogP contribution in [0, 0.1) is 0 Å². The predicted octanol–water partition coefficient (Wildman–Crippen LogP) is 19.6. The first-order chi connectivity index (χ1) is 42.9. The average Bonchev–Trinajstić information content (AvgIpc) is 2.45. The van der Waals surface area contributed by atoms with E-state index in [4.69, 9.17) is 4.42 Å². The lowest BCUT2D eigenvalue weighted by Crippen LogP contribution is -2.34. The van der Waals surface area contributed by atoms with E-state index in [2.05, 4.69) is 278 Å². The van der Waals surface area contributed by atoms with E-state index in [-0.39, 0.29) is 0 Å². The maximum atomic E-state index is 5.45. The van der Waals surface area contributed by atoms with Crippen LogP contribution in [0.4, 0.5) is 0 Å². The third-order valence-electron chi connectivity index (χ3n) is 17.6. The van der Waals surface area contributed by atoms with Gasteiger partial charge in [-0.2, -0.15) is 0 Å². The summed E-state index contributed by atoms with van der Waals surface area (Å²) in [6.45, 7) is 14.9. The van der Waals surface area contributed by atoms with Crippen molar-refractivity contribution in [3.8, 4) is 33.6 Å². The molecule has 0 bridgehead atoms. The molecule has 11 aromatic rings. The van der Waals surface area contributed by atoms with Crippen LogP contribution in [0.3, 0.4) is 0 Å². The number of aromatic nitrogens is 2. The molecule has 0 saturated heterocycles. The van der Waals surface area contributed by atoms with Crippen LogP contribution in [-0.2, 0) is 0 Å². The largest absolute Gasteiger partial charge is 0.456 e. The van der Waals surface area contributed by atoms with Crippen LogP contribution in [-0.4, -0.2) is 9.13 Å². The minimum absolute atomic E-state index is 0.702. The normalized spacial score (nSPS) is 15.4. The molecule has 3 nitrogen and oxygen atoms in total. The van der Waals surface area contributed by atoms with E-state index in [1.807, 2.05) is 0 Å². The number of hydrogen-bond acceptors (Lipinski definition) is 1. The maximum absolute atomic E-state index is 5.45. The van der Waals surface area contributed by atoms with E-state index in [1.54, 1.807) is 24.3 Å². The summed E-state index contributed by atoms with van der Waals surface area (Å²) in [5.74, 6) is 0. The van der Waals surface area contributed by atoms with E-state index in [0.717, 1.165) is 67.5 Å². The Labute approximate surface area is 509 Å². The SMILES string of the molecule is C1=CC(C2=CC(c3cccc(-c4ccc(-n5c6ccccc6c6cc(-c7ccc8c(c7)c7ccccc7n8-c7cccc(C8=CCCC(c9cccc(C%10=CCCC=C%10)c9)=C8)c7)ccc65)cc4)c3)=CCC2)=CCC1.C=C/C=c1/o/c(=C/C=C)c(=C)c1=C. The molecule has 15 rings (SSSR count). The quantitative estimate of drug-likeness (QED) is 0.127. The lowest BCUT2D eigenvalue weighted by Gasteiger charge is -2.17. The first-order valence-corrected chi connectivity index (χ1v) is 30.6. The Bertz CT molecular complexity index is 5050. The summed E-state index contributed by atoms with van der Waals surface area (Å²) in [4.78, 5) is 0. The van der Waals surface area contributed by atoms with Gasteiger partial charge in [0.1, 0.15) is 10.8 Å². The molecule has 0 amide bonds. The van der Waals surface area contributed by atoms with Crippen molar-refractivity contribution in [3.05, 3.63) is 323 Å². The highest BCUT2D eigenvalue weighted by Crippen LogP contribution is 2.41. The third-order valence-corrected chi connectivity index (χ3v) is 17.6. The van der Waals surface area contributed by atoms with Crippen LogP contribution >= 0.6 is 0 Å². The van der Waals surface area contributed by atoms with Crippen molar-refractivity contribution in [3.63, 3.8) is 0 Å². The molecule has 3 heterocycles. The number of furan rings is 1. The summed E-state index contributed by atoms with van der Waals surface area (Å²) < 4.78 is 10.3. The number of rotatable bonds is 11. The summed E-state index contributed by atoms with van der Waals surface area (Å²) in [5.41, 5.74) is 26.8. The number of fused-ring (bicyclic) bond motifs is 6. The van der Waals surface area contributed by atoms with Crippen molar-refractivity contribution in [2.75, 3.05) is 0 Å². The van der Waals surface area contributed by atoms with Gasteiger partial charge in [0.05, 0.1) is 22.1 Å². The van der Waals surface area contributed by atoms with Crippen molar-refractivity contribution >= 4 is 91.2 Å². The van der Waals surface area contributed by atoms with Crippen LogP contribution in [0.1, 0.15) is 73.6 Å². The fourth-order valence-corrected chi connectivity index (χ4v) is 13.2. The first-order valence-electron chi connectivity index (χ1n) is 30.6. The topological polar surface area (TPSA) is 23.0 Å². The lowest BCUT2D eigenvalue weighted by molar-refractivity contribution is 0.499. The van der Waals surface area contributed by atoms with E-state index in [1.165, 1.54) is 127 Å². The van der Waals surface area contributed by atoms with Crippen molar-refractivity contribution in [2.24, 2.45) is 0 Å². The van der Waals surface area contributed by atoms with Gasteiger partial charge in [0.15, 0.2) is 0 Å². The molecular formula is C84H68N2O. The summed E-state index contributed by atoms with van der Waals surface area (Å²) in [7, 11) is 0. The van der Waals surface area contributed by atoms with Gasteiger partial charge in [0.2, 0.25) is 0 Å². The van der Waals surface area contributed by atoms with Crippen LogP contribution < -0.4 is 21.3 Å². The molecule has 0 atom stereocenters. The third kappa shape index (κ3) is 10.7. The van der Waals surface area contributed by atoms with Gasteiger partial charge in [-0.3, -0.25) is 0 Å². The number of para-hydroxylation sites is 2. The predicted molar refractivity (Wildman–Crippen MR) is 373 cm³/mol. The van der Waals surface area contributed by atoms with E-state index >= 15 is 0 Å². The Hall–Kier alpha value is -10.5. The van der Waals surface area contributed by atoms with Crippen LogP contribution in [0.2, 0.25) is 0 Å². The second-order valence-corrected chi connectivity index (χ2v) is 23.0. The second-order valence-electron chi connectivity index (χ2n) is 23.0. The maximum Gasteiger partial charge on any atom is 0.134 e. The molecular weight excluding hydrogens is 1050 g/mol. The van der Waals surface area contributed by atoms with Crippen molar-refractivity contribution in [1.82, 2.24) is 9.13 Å². The molecule has 0 unspecified atom stereocenters. The summed E-state index contributed by atoms with van der Waals surface area (Å²) in [6, 6.07) is 68.3. The fourth-order valence-electron chi connectivity index (χ4n) is 13.2. The second kappa shape index (κ2) is 23.9. The molecule has 87 heavy (non-hydrogen) atoms. The summed E-state index contributed by atoms with van der Waals surface area (Å²) >= 11 is 0. The van der Waals surface area contributed by atoms with Gasteiger partial charge in [-0.25, -0.2) is 0 Å². The van der Waals surface area contributed by atoms with E-state index in [9.17, 15) is 0 Å². The Kier molecular flexibility index (Phi) is 14.9. The Morgan fingerprint density at radius 3 is 1.40 bits per heavy atom. The van der Waals surface area contributed by atoms with Crippen LogP contribution in [0.5, 0.6) is 0 Å². The highest BCUT2D eigenvalue weighted by molar-refractivity contribution is 6.13. The molecule has 3 aromatic heterocycles. The Balaban J connectivity index is 0.000000458. The standard InChI is InChI=1S/C72H56N2.C12H12O/c1-3-16-49(17-4-1)52-20-11-23-55(42-52)57-25-13-22-54(44-57)51-34-38-63(39-35-51)73-69-32-9-7-30-65(69)67-47-61(36-40-71(67)73)62-37-41-72-68(48-62)66-31-8-10-33-70(66)74(72)64-29-15-28-60(46-64)59-27-14-26-58(45-59)56-24-12-21-53(43-56)50-18-5-2-6-19-50;1-5-7-11-9(3)10(4)12(13-11)8-6-2/h3,5,7-10,12-13,15-19,21-25,27-48H,1-2,4,6,11,14,20,26H2;5-8H,1-4H2/b;11-7+,12-8+. The zero-order chi connectivity index (χ0) is 58.8. The molecule has 0 spiro atoms. The van der Waals surface area contributed by atoms with Gasteiger partial charge in [-0.1, -0.05) is 208 Å². The van der Waals surface area contributed by atoms with Gasteiger partial charge in [0, 0.05) is 43.4 Å². The summed E-state index contributed by atoms with van der Waals surface area (Å²) in [5, 5.41) is 6.62. The van der Waals surface area contributed by atoms with Gasteiger partial charge >= 0.3 is 0 Å². The molecule has 4 aliphatic rings. The fraction of sp³-hybridized carbons (Fsp3) is 0.0952. The van der Waals surface area contributed by atoms with Crippen molar-refractivity contribution in [1.29, 1.82) is 0 Å². The van der Waals surface area contributed by atoms with E-state index in [0.29, 0.717) is 10.8 Å². The van der Waals surface area contributed by atoms with Crippen LogP contribution in [0.15, 0.2) is 284 Å². The molecule has 0 fully saturated rings. The molecule has 420 valence electrons. The molecule has 0 aliphatic heterocycles. The minimum Gasteiger partial charge on any atom is -0.456 e. The highest BCUT2D eigenvalue weighted by atomic mass is 16.3. The molecule has 8 aromatic carbocycles. The first kappa shape index (κ1) is 54.5. The lowest BCUT2D eigenvalue weighted by atomic mass is 9.88. The Morgan fingerprint density at radius 2 is 0.805 bits per heavy atom. The zero-order valence-electron chi connectivity index (χ0n) is 49.2. The minimum atomic E-state index is 0.702. The molecule has 4 aliphatic carbocycles. The highest BCUT2D eigenvalue weighted by Gasteiger charge is 2.19. The molecule has 0 N–H and O–H groups in total. The number of hydrogen-bond donors (Lipinski definition) is 0. The monoisotopic (exact) mass is 1120 g/mol. The van der Waals surface area contributed by atoms with Gasteiger partial charge < -0.3 is 13.6 Å². The zero-order valence-corrected chi connectivity index (χ0v) is 49.2.